The summed E-state index contributed by atoms with van der Waals surface area (Å²) >= 11 is 0. The van der Waals surface area contributed by atoms with Gasteiger partial charge in [-0.25, -0.2) is 4.68 Å². The zero-order chi connectivity index (χ0) is 13.8. The smallest absolute Gasteiger partial charge is 0.271 e. The van der Waals surface area contributed by atoms with Crippen LogP contribution in [0.25, 0.3) is 5.69 Å². The molecule has 0 aliphatic rings. The van der Waals surface area contributed by atoms with E-state index in [-0.39, 0.29) is 19.1 Å². The standard InChI is InChI=1S/C14H17N3O2/c1-10-3-5-12(6-4-10)17-11(2)9-13(16-17)14(19)15-7-8-18/h3-6,9,18H,7-8H2,1-2H3,(H,15,19). The minimum Gasteiger partial charge on any atom is -0.395 e. The number of aliphatic hydroxyl groups is 1. The number of rotatable bonds is 4. The van der Waals surface area contributed by atoms with E-state index in [1.165, 1.54) is 5.56 Å². The lowest BCUT2D eigenvalue weighted by Gasteiger charge is -2.04. The number of nitrogens with zero attached hydrogens (tertiary/aromatic N) is 2. The van der Waals surface area contributed by atoms with Crippen molar-refractivity contribution in [3.63, 3.8) is 0 Å². The van der Waals surface area contributed by atoms with Crippen molar-refractivity contribution in [2.75, 3.05) is 13.2 Å². The van der Waals surface area contributed by atoms with E-state index < -0.39 is 0 Å². The highest BCUT2D eigenvalue weighted by Crippen LogP contribution is 2.13. The van der Waals surface area contributed by atoms with E-state index in [9.17, 15) is 4.79 Å². The van der Waals surface area contributed by atoms with Crippen molar-refractivity contribution < 1.29 is 9.90 Å². The molecule has 0 aliphatic carbocycles. The van der Waals surface area contributed by atoms with E-state index in [0.717, 1.165) is 11.4 Å². The summed E-state index contributed by atoms with van der Waals surface area (Å²) in [7, 11) is 0. The molecule has 1 aromatic carbocycles. The molecule has 100 valence electrons. The SMILES string of the molecule is Cc1ccc(-n2nc(C(=O)NCCO)cc2C)cc1. The molecule has 1 amide bonds. The van der Waals surface area contributed by atoms with Crippen LogP contribution < -0.4 is 5.32 Å². The zero-order valence-corrected chi connectivity index (χ0v) is 11.1. The van der Waals surface area contributed by atoms with Crippen LogP contribution in [0.4, 0.5) is 0 Å². The Hall–Kier alpha value is -2.14. The Morgan fingerprint density at radius 3 is 2.63 bits per heavy atom. The molecule has 0 spiro atoms. The largest absolute Gasteiger partial charge is 0.395 e. The predicted molar refractivity (Wildman–Crippen MR) is 72.5 cm³/mol. The van der Waals surface area contributed by atoms with Gasteiger partial charge in [-0.05, 0) is 32.0 Å². The van der Waals surface area contributed by atoms with E-state index in [2.05, 4.69) is 10.4 Å². The van der Waals surface area contributed by atoms with E-state index in [1.807, 2.05) is 38.1 Å². The molecule has 5 nitrogen and oxygen atoms in total. The molecule has 0 unspecified atom stereocenters. The van der Waals surface area contributed by atoms with Crippen molar-refractivity contribution in [3.8, 4) is 5.69 Å². The average Bonchev–Trinajstić information content (AvgIpc) is 2.79. The molecule has 2 aromatic rings. The van der Waals surface area contributed by atoms with Crippen LogP contribution in [0, 0.1) is 13.8 Å². The Kier molecular flexibility index (Phi) is 3.97. The van der Waals surface area contributed by atoms with Gasteiger partial charge in [-0.3, -0.25) is 4.79 Å². The molecule has 0 fully saturated rings. The van der Waals surface area contributed by atoms with Gasteiger partial charge in [0.1, 0.15) is 0 Å². The topological polar surface area (TPSA) is 67.2 Å². The number of amides is 1. The molecule has 0 atom stereocenters. The molecule has 0 saturated carbocycles. The lowest BCUT2D eigenvalue weighted by molar-refractivity contribution is 0.0939. The molecule has 0 radical (unpaired) electrons. The van der Waals surface area contributed by atoms with E-state index in [1.54, 1.807) is 10.7 Å². The Morgan fingerprint density at radius 2 is 2.00 bits per heavy atom. The highest BCUT2D eigenvalue weighted by atomic mass is 16.3. The molecule has 2 rings (SSSR count). The summed E-state index contributed by atoms with van der Waals surface area (Å²) in [5.74, 6) is -0.275. The quantitative estimate of drug-likeness (QED) is 0.867. The Balaban J connectivity index is 2.26. The summed E-state index contributed by atoms with van der Waals surface area (Å²) in [5, 5.41) is 15.6. The number of carbonyl (C=O) groups is 1. The first kappa shape index (κ1) is 13.3. The molecule has 2 N–H and O–H groups in total. The summed E-state index contributed by atoms with van der Waals surface area (Å²) in [6, 6.07) is 9.66. The second kappa shape index (κ2) is 5.67. The fourth-order valence-electron chi connectivity index (χ4n) is 1.79. The van der Waals surface area contributed by atoms with Gasteiger partial charge in [-0.15, -0.1) is 0 Å². The molecule has 19 heavy (non-hydrogen) atoms. The van der Waals surface area contributed by atoms with E-state index >= 15 is 0 Å². The van der Waals surface area contributed by atoms with Crippen LogP contribution in [0.3, 0.4) is 0 Å². The van der Waals surface area contributed by atoms with Crippen molar-refractivity contribution in [1.82, 2.24) is 15.1 Å². The summed E-state index contributed by atoms with van der Waals surface area (Å²) in [6.45, 7) is 4.07. The highest BCUT2D eigenvalue weighted by Gasteiger charge is 2.12. The van der Waals surface area contributed by atoms with Gasteiger partial charge in [0, 0.05) is 12.2 Å². The van der Waals surface area contributed by atoms with Crippen molar-refractivity contribution in [2.24, 2.45) is 0 Å². The Morgan fingerprint density at radius 1 is 1.32 bits per heavy atom. The number of aromatic nitrogens is 2. The molecule has 0 aliphatic heterocycles. The number of hydrogen-bond donors (Lipinski definition) is 2. The molecular formula is C14H17N3O2. The van der Waals surface area contributed by atoms with Gasteiger partial charge in [0.05, 0.1) is 12.3 Å². The second-order valence-electron chi connectivity index (χ2n) is 4.40. The van der Waals surface area contributed by atoms with Crippen molar-refractivity contribution in [2.45, 2.75) is 13.8 Å². The van der Waals surface area contributed by atoms with Crippen LogP contribution in [0.15, 0.2) is 30.3 Å². The van der Waals surface area contributed by atoms with Crippen LogP contribution in [-0.2, 0) is 0 Å². The lowest BCUT2D eigenvalue weighted by atomic mass is 10.2. The number of aryl methyl sites for hydroxylation is 2. The maximum Gasteiger partial charge on any atom is 0.271 e. The first-order chi connectivity index (χ1) is 9.11. The first-order valence-corrected chi connectivity index (χ1v) is 6.14. The van der Waals surface area contributed by atoms with Gasteiger partial charge in [-0.1, -0.05) is 17.7 Å². The van der Waals surface area contributed by atoms with Gasteiger partial charge >= 0.3 is 0 Å². The number of hydrogen-bond acceptors (Lipinski definition) is 3. The van der Waals surface area contributed by atoms with Crippen LogP contribution in [0.5, 0.6) is 0 Å². The van der Waals surface area contributed by atoms with Crippen LogP contribution >= 0.6 is 0 Å². The minimum atomic E-state index is -0.275. The van der Waals surface area contributed by atoms with Crippen LogP contribution in [0.1, 0.15) is 21.7 Å². The maximum absolute atomic E-state index is 11.8. The monoisotopic (exact) mass is 259 g/mol. The molecular weight excluding hydrogens is 242 g/mol. The van der Waals surface area contributed by atoms with Crippen molar-refractivity contribution in [1.29, 1.82) is 0 Å². The zero-order valence-electron chi connectivity index (χ0n) is 11.1. The predicted octanol–water partition coefficient (Wildman–Crippen LogP) is 1.21. The first-order valence-electron chi connectivity index (χ1n) is 6.14. The van der Waals surface area contributed by atoms with E-state index in [4.69, 9.17) is 5.11 Å². The maximum atomic E-state index is 11.8. The third-order valence-corrected chi connectivity index (χ3v) is 2.80. The third kappa shape index (κ3) is 3.00. The number of nitrogens with one attached hydrogen (secondary N) is 1. The number of aliphatic hydroxyl groups excluding tert-OH is 1. The molecule has 1 aromatic heterocycles. The minimum absolute atomic E-state index is 0.0800. The van der Waals surface area contributed by atoms with Gasteiger partial charge in [0.15, 0.2) is 5.69 Å². The fraction of sp³-hybridized carbons (Fsp3) is 0.286. The van der Waals surface area contributed by atoms with Gasteiger partial charge < -0.3 is 10.4 Å². The summed E-state index contributed by atoms with van der Waals surface area (Å²) < 4.78 is 1.73. The van der Waals surface area contributed by atoms with Gasteiger partial charge in [-0.2, -0.15) is 5.10 Å². The molecule has 1 heterocycles. The van der Waals surface area contributed by atoms with Crippen molar-refractivity contribution in [3.05, 3.63) is 47.3 Å². The van der Waals surface area contributed by atoms with Crippen LogP contribution in [0.2, 0.25) is 0 Å². The molecule has 0 saturated heterocycles. The summed E-state index contributed by atoms with van der Waals surface area (Å²) in [4.78, 5) is 11.8. The number of benzene rings is 1. The third-order valence-electron chi connectivity index (χ3n) is 2.80. The number of carbonyl (C=O) groups excluding carboxylic acids is 1. The fourth-order valence-corrected chi connectivity index (χ4v) is 1.79. The normalized spacial score (nSPS) is 10.5. The second-order valence-corrected chi connectivity index (χ2v) is 4.40. The van der Waals surface area contributed by atoms with Gasteiger partial charge in [0.25, 0.3) is 5.91 Å². The highest BCUT2D eigenvalue weighted by molar-refractivity contribution is 5.92. The van der Waals surface area contributed by atoms with Gasteiger partial charge in [0.2, 0.25) is 0 Å². The van der Waals surface area contributed by atoms with E-state index in [0.29, 0.717) is 5.69 Å². The molecule has 5 heteroatoms. The Bertz CT molecular complexity index is 573. The van der Waals surface area contributed by atoms with Crippen molar-refractivity contribution >= 4 is 5.91 Å². The average molecular weight is 259 g/mol. The Labute approximate surface area is 111 Å². The summed E-state index contributed by atoms with van der Waals surface area (Å²) in [6.07, 6.45) is 0. The lowest BCUT2D eigenvalue weighted by Crippen LogP contribution is -2.26. The molecule has 0 bridgehead atoms. The summed E-state index contributed by atoms with van der Waals surface area (Å²) in [5.41, 5.74) is 3.34. The van der Waals surface area contributed by atoms with Crippen LogP contribution in [-0.4, -0.2) is 33.9 Å².